The molecule has 174 valence electrons. The lowest BCUT2D eigenvalue weighted by atomic mass is 10.1. The maximum atomic E-state index is 13.4. The standard InChI is InChI=1S/C25H28N2O5S/c1-18-9-8-10-20(15-18)27(33(29,30)22-11-6-5-7-12-22)17-25(28)26-19(2)23-16-21(31-3)13-14-24(23)32-4/h5-16,19H,17H2,1-4H3,(H,26,28). The van der Waals surface area contributed by atoms with Crippen molar-refractivity contribution in [3.8, 4) is 11.5 Å². The minimum Gasteiger partial charge on any atom is -0.497 e. The molecule has 3 aromatic rings. The maximum Gasteiger partial charge on any atom is 0.264 e. The number of methoxy groups -OCH3 is 2. The Kier molecular flexibility index (Phi) is 7.60. The molecule has 8 heteroatoms. The van der Waals surface area contributed by atoms with Gasteiger partial charge in [0.1, 0.15) is 18.0 Å². The zero-order chi connectivity index (χ0) is 24.0. The first-order chi connectivity index (χ1) is 15.8. The van der Waals surface area contributed by atoms with Crippen LogP contribution in [0.15, 0.2) is 77.7 Å². The molecule has 0 radical (unpaired) electrons. The Morgan fingerprint density at radius 3 is 2.33 bits per heavy atom. The third-order valence-electron chi connectivity index (χ3n) is 5.19. The van der Waals surface area contributed by atoms with Gasteiger partial charge in [-0.05, 0) is 61.9 Å². The van der Waals surface area contributed by atoms with Crippen molar-refractivity contribution in [3.05, 3.63) is 83.9 Å². The normalized spacial score (nSPS) is 12.0. The number of carbonyl (C=O) groups excluding carboxylic acids is 1. The maximum absolute atomic E-state index is 13.4. The Bertz CT molecular complexity index is 1210. The number of hydrogen-bond donors (Lipinski definition) is 1. The number of nitrogens with one attached hydrogen (secondary N) is 1. The van der Waals surface area contributed by atoms with Crippen LogP contribution >= 0.6 is 0 Å². The molecule has 0 aliphatic carbocycles. The van der Waals surface area contributed by atoms with E-state index in [0.29, 0.717) is 17.2 Å². The molecule has 1 atom stereocenters. The summed E-state index contributed by atoms with van der Waals surface area (Å²) in [6.07, 6.45) is 0. The third kappa shape index (κ3) is 5.64. The number of hydrogen-bond acceptors (Lipinski definition) is 5. The van der Waals surface area contributed by atoms with Crippen LogP contribution in [-0.2, 0) is 14.8 Å². The number of amides is 1. The van der Waals surface area contributed by atoms with Crippen LogP contribution in [0.5, 0.6) is 11.5 Å². The van der Waals surface area contributed by atoms with E-state index in [1.807, 2.05) is 13.0 Å². The second-order valence-electron chi connectivity index (χ2n) is 7.56. The fourth-order valence-corrected chi connectivity index (χ4v) is 4.92. The molecule has 0 aromatic heterocycles. The predicted molar refractivity (Wildman–Crippen MR) is 128 cm³/mol. The van der Waals surface area contributed by atoms with Crippen LogP contribution in [0.2, 0.25) is 0 Å². The second-order valence-corrected chi connectivity index (χ2v) is 9.42. The third-order valence-corrected chi connectivity index (χ3v) is 6.98. The van der Waals surface area contributed by atoms with Crippen LogP contribution in [0, 0.1) is 6.92 Å². The van der Waals surface area contributed by atoms with Gasteiger partial charge >= 0.3 is 0 Å². The number of aryl methyl sites for hydroxylation is 1. The molecule has 0 aliphatic rings. The lowest BCUT2D eigenvalue weighted by molar-refractivity contribution is -0.120. The van der Waals surface area contributed by atoms with E-state index in [1.165, 1.54) is 12.1 Å². The summed E-state index contributed by atoms with van der Waals surface area (Å²) in [6, 6.07) is 20.0. The molecule has 0 saturated carbocycles. The van der Waals surface area contributed by atoms with Crippen molar-refractivity contribution in [1.82, 2.24) is 5.32 Å². The van der Waals surface area contributed by atoms with E-state index in [0.717, 1.165) is 15.4 Å². The van der Waals surface area contributed by atoms with Crippen LogP contribution in [0.3, 0.4) is 0 Å². The smallest absolute Gasteiger partial charge is 0.264 e. The number of benzene rings is 3. The highest BCUT2D eigenvalue weighted by Crippen LogP contribution is 2.29. The number of rotatable bonds is 9. The molecule has 7 nitrogen and oxygen atoms in total. The fourth-order valence-electron chi connectivity index (χ4n) is 3.49. The van der Waals surface area contributed by atoms with E-state index in [1.54, 1.807) is 75.7 Å². The summed E-state index contributed by atoms with van der Waals surface area (Å²) < 4.78 is 38.7. The predicted octanol–water partition coefficient (Wildman–Crippen LogP) is 4.08. The molecule has 0 spiro atoms. The summed E-state index contributed by atoms with van der Waals surface area (Å²) in [6.45, 7) is 3.29. The van der Waals surface area contributed by atoms with E-state index in [9.17, 15) is 13.2 Å². The van der Waals surface area contributed by atoms with Crippen molar-refractivity contribution >= 4 is 21.6 Å². The van der Waals surface area contributed by atoms with Gasteiger partial charge in [-0.15, -0.1) is 0 Å². The summed E-state index contributed by atoms with van der Waals surface area (Å²) >= 11 is 0. The highest BCUT2D eigenvalue weighted by molar-refractivity contribution is 7.92. The number of anilines is 1. The molecular formula is C25H28N2O5S. The molecule has 1 amide bonds. The molecule has 0 heterocycles. The number of sulfonamides is 1. The molecular weight excluding hydrogens is 440 g/mol. The zero-order valence-electron chi connectivity index (χ0n) is 19.1. The molecule has 3 rings (SSSR count). The van der Waals surface area contributed by atoms with E-state index in [4.69, 9.17) is 9.47 Å². The molecule has 3 aromatic carbocycles. The molecule has 1 unspecified atom stereocenters. The Labute approximate surface area is 195 Å². The first-order valence-corrected chi connectivity index (χ1v) is 11.9. The number of carbonyl (C=O) groups is 1. The second kappa shape index (κ2) is 10.4. The molecule has 33 heavy (non-hydrogen) atoms. The molecule has 0 aliphatic heterocycles. The molecule has 1 N–H and O–H groups in total. The van der Waals surface area contributed by atoms with Gasteiger partial charge in [0, 0.05) is 5.56 Å². The largest absolute Gasteiger partial charge is 0.497 e. The van der Waals surface area contributed by atoms with Crippen LogP contribution < -0.4 is 19.1 Å². The topological polar surface area (TPSA) is 84.9 Å². The van der Waals surface area contributed by atoms with Gasteiger partial charge < -0.3 is 14.8 Å². The van der Waals surface area contributed by atoms with Crippen molar-refractivity contribution < 1.29 is 22.7 Å². The molecule has 0 bridgehead atoms. The Balaban J connectivity index is 1.90. The lowest BCUT2D eigenvalue weighted by Gasteiger charge is -2.25. The SMILES string of the molecule is COc1ccc(OC)c(C(C)NC(=O)CN(c2cccc(C)c2)S(=O)(=O)c2ccccc2)c1. The van der Waals surface area contributed by atoms with Gasteiger partial charge in [0.05, 0.1) is 30.8 Å². The van der Waals surface area contributed by atoms with Gasteiger partial charge in [-0.1, -0.05) is 30.3 Å². The van der Waals surface area contributed by atoms with Gasteiger partial charge in [0.2, 0.25) is 5.91 Å². The van der Waals surface area contributed by atoms with E-state index in [-0.39, 0.29) is 11.4 Å². The van der Waals surface area contributed by atoms with Gasteiger partial charge in [-0.2, -0.15) is 0 Å². The van der Waals surface area contributed by atoms with E-state index >= 15 is 0 Å². The van der Waals surface area contributed by atoms with Crippen LogP contribution in [0.4, 0.5) is 5.69 Å². The Morgan fingerprint density at radius 1 is 0.970 bits per heavy atom. The van der Waals surface area contributed by atoms with Gasteiger partial charge in [0.25, 0.3) is 10.0 Å². The zero-order valence-corrected chi connectivity index (χ0v) is 19.9. The lowest BCUT2D eigenvalue weighted by Crippen LogP contribution is -2.41. The number of ether oxygens (including phenoxy) is 2. The minimum atomic E-state index is -3.96. The summed E-state index contributed by atoms with van der Waals surface area (Å²) in [4.78, 5) is 13.2. The monoisotopic (exact) mass is 468 g/mol. The minimum absolute atomic E-state index is 0.113. The first-order valence-electron chi connectivity index (χ1n) is 10.4. The van der Waals surface area contributed by atoms with Crippen LogP contribution in [0.1, 0.15) is 24.1 Å². The quantitative estimate of drug-likeness (QED) is 0.511. The Morgan fingerprint density at radius 2 is 1.70 bits per heavy atom. The highest BCUT2D eigenvalue weighted by atomic mass is 32.2. The summed E-state index contributed by atoms with van der Waals surface area (Å²) in [5, 5.41) is 2.88. The highest BCUT2D eigenvalue weighted by Gasteiger charge is 2.28. The Hall–Kier alpha value is -3.52. The van der Waals surface area contributed by atoms with Crippen LogP contribution in [-0.4, -0.2) is 35.1 Å². The first kappa shape index (κ1) is 24.1. The van der Waals surface area contributed by atoms with Crippen molar-refractivity contribution in [3.63, 3.8) is 0 Å². The van der Waals surface area contributed by atoms with Gasteiger partial charge in [0.15, 0.2) is 0 Å². The molecule has 0 fully saturated rings. The van der Waals surface area contributed by atoms with Crippen molar-refractivity contribution in [2.45, 2.75) is 24.8 Å². The summed E-state index contributed by atoms with van der Waals surface area (Å²) in [5.41, 5.74) is 2.02. The van der Waals surface area contributed by atoms with Gasteiger partial charge in [-0.25, -0.2) is 8.42 Å². The van der Waals surface area contributed by atoms with Crippen molar-refractivity contribution in [2.24, 2.45) is 0 Å². The molecule has 0 saturated heterocycles. The fraction of sp³-hybridized carbons (Fsp3) is 0.240. The van der Waals surface area contributed by atoms with Crippen molar-refractivity contribution in [2.75, 3.05) is 25.1 Å². The summed E-state index contributed by atoms with van der Waals surface area (Å²) in [5.74, 6) is 0.768. The van der Waals surface area contributed by atoms with Crippen molar-refractivity contribution in [1.29, 1.82) is 0 Å². The average molecular weight is 469 g/mol. The van der Waals surface area contributed by atoms with Gasteiger partial charge in [-0.3, -0.25) is 9.10 Å². The summed E-state index contributed by atoms with van der Waals surface area (Å²) in [7, 11) is -0.856. The van der Waals surface area contributed by atoms with E-state index in [2.05, 4.69) is 5.32 Å². The average Bonchev–Trinajstić information content (AvgIpc) is 2.82. The van der Waals surface area contributed by atoms with Crippen LogP contribution in [0.25, 0.3) is 0 Å². The number of nitrogens with zero attached hydrogens (tertiary/aromatic N) is 1. The van der Waals surface area contributed by atoms with E-state index < -0.39 is 22.0 Å².